The number of rotatable bonds is 3. The molecule has 0 spiro atoms. The molecule has 16 heavy (non-hydrogen) atoms. The first-order valence-electron chi connectivity index (χ1n) is 4.39. The zero-order valence-electron chi connectivity index (χ0n) is 8.35. The summed E-state index contributed by atoms with van der Waals surface area (Å²) < 4.78 is 40.7. The van der Waals surface area contributed by atoms with E-state index in [9.17, 15) is 18.3 Å². The lowest BCUT2D eigenvalue weighted by Gasteiger charge is -2.31. The van der Waals surface area contributed by atoms with Gasteiger partial charge in [0.2, 0.25) is 0 Å². The first-order chi connectivity index (χ1) is 7.24. The molecule has 1 aromatic carbocycles. The van der Waals surface area contributed by atoms with Gasteiger partial charge in [-0.1, -0.05) is 6.07 Å². The van der Waals surface area contributed by atoms with Crippen molar-refractivity contribution in [2.75, 3.05) is 6.61 Å². The van der Waals surface area contributed by atoms with Gasteiger partial charge in [-0.3, -0.25) is 0 Å². The minimum atomic E-state index is -3.88. The molecule has 1 rings (SSSR count). The molecular weight excluding hydrogens is 289 g/mol. The monoisotopic (exact) mass is 298 g/mol. The standard InChI is InChI=1S/C10H10BrF3O2/c1-9(16,5-15)10(13,14)6-3-2-4-7(11)8(6)12/h2-4,15-16H,5H2,1H3. The van der Waals surface area contributed by atoms with E-state index in [1.165, 1.54) is 12.1 Å². The molecule has 2 N–H and O–H groups in total. The van der Waals surface area contributed by atoms with E-state index < -0.39 is 29.5 Å². The van der Waals surface area contributed by atoms with Crippen LogP contribution in [0, 0.1) is 5.82 Å². The van der Waals surface area contributed by atoms with Gasteiger partial charge in [-0.15, -0.1) is 0 Å². The Kier molecular flexibility index (Phi) is 3.66. The van der Waals surface area contributed by atoms with Gasteiger partial charge in [0, 0.05) is 0 Å². The summed E-state index contributed by atoms with van der Waals surface area (Å²) in [6.07, 6.45) is 0. The zero-order valence-corrected chi connectivity index (χ0v) is 9.93. The molecule has 0 bridgehead atoms. The second kappa shape index (κ2) is 4.35. The van der Waals surface area contributed by atoms with Crippen LogP contribution in [0.3, 0.4) is 0 Å². The maximum absolute atomic E-state index is 13.7. The van der Waals surface area contributed by atoms with Crippen molar-refractivity contribution in [3.63, 3.8) is 0 Å². The maximum Gasteiger partial charge on any atom is 0.306 e. The lowest BCUT2D eigenvalue weighted by molar-refractivity contribution is -0.197. The van der Waals surface area contributed by atoms with Gasteiger partial charge < -0.3 is 10.2 Å². The van der Waals surface area contributed by atoms with Crippen LogP contribution in [0.2, 0.25) is 0 Å². The fourth-order valence-electron chi connectivity index (χ4n) is 1.14. The number of aliphatic hydroxyl groups excluding tert-OH is 1. The van der Waals surface area contributed by atoms with Gasteiger partial charge in [-0.2, -0.15) is 8.78 Å². The van der Waals surface area contributed by atoms with Crippen molar-refractivity contribution in [1.29, 1.82) is 0 Å². The molecule has 1 atom stereocenters. The molecule has 0 radical (unpaired) electrons. The highest BCUT2D eigenvalue weighted by Crippen LogP contribution is 2.41. The molecule has 0 aromatic heterocycles. The highest BCUT2D eigenvalue weighted by atomic mass is 79.9. The Hall–Kier alpha value is -0.590. The topological polar surface area (TPSA) is 40.5 Å². The highest BCUT2D eigenvalue weighted by Gasteiger charge is 2.51. The Morgan fingerprint density at radius 1 is 1.38 bits per heavy atom. The van der Waals surface area contributed by atoms with Crippen LogP contribution >= 0.6 is 15.9 Å². The van der Waals surface area contributed by atoms with Crippen LogP contribution in [0.25, 0.3) is 0 Å². The van der Waals surface area contributed by atoms with Gasteiger partial charge in [0.15, 0.2) is 5.60 Å². The van der Waals surface area contributed by atoms with Crippen molar-refractivity contribution in [3.05, 3.63) is 34.1 Å². The van der Waals surface area contributed by atoms with Crippen molar-refractivity contribution in [2.45, 2.75) is 18.4 Å². The fourth-order valence-corrected chi connectivity index (χ4v) is 1.50. The number of hydrogen-bond donors (Lipinski definition) is 2. The lowest BCUT2D eigenvalue weighted by Crippen LogP contribution is -2.46. The molecule has 90 valence electrons. The van der Waals surface area contributed by atoms with E-state index in [2.05, 4.69) is 15.9 Å². The van der Waals surface area contributed by atoms with Crippen LogP contribution in [0.1, 0.15) is 12.5 Å². The molecule has 1 aromatic rings. The summed E-state index contributed by atoms with van der Waals surface area (Å²) in [6, 6.07) is 3.36. The molecule has 6 heteroatoms. The van der Waals surface area contributed by atoms with Crippen LogP contribution in [0.15, 0.2) is 22.7 Å². The van der Waals surface area contributed by atoms with E-state index in [1.807, 2.05) is 0 Å². The Labute approximate surface area is 98.8 Å². The lowest BCUT2D eigenvalue weighted by atomic mass is 9.92. The molecule has 0 amide bonds. The van der Waals surface area contributed by atoms with Crippen LogP contribution in [-0.2, 0) is 5.92 Å². The summed E-state index contributed by atoms with van der Waals surface area (Å²) in [7, 11) is 0. The zero-order chi connectivity index (χ0) is 12.6. The van der Waals surface area contributed by atoms with Gasteiger partial charge >= 0.3 is 5.92 Å². The Bertz CT molecular complexity index is 394. The smallest absolute Gasteiger partial charge is 0.306 e. The van der Waals surface area contributed by atoms with Gasteiger partial charge in [0.05, 0.1) is 16.6 Å². The van der Waals surface area contributed by atoms with Gasteiger partial charge in [0.1, 0.15) is 5.82 Å². The van der Waals surface area contributed by atoms with E-state index >= 15 is 0 Å². The third kappa shape index (κ3) is 2.09. The first kappa shape index (κ1) is 13.5. The molecule has 0 saturated carbocycles. The van der Waals surface area contributed by atoms with Gasteiger partial charge in [0.25, 0.3) is 0 Å². The summed E-state index contributed by atoms with van der Waals surface area (Å²) in [5.74, 6) is -5.03. The van der Waals surface area contributed by atoms with Crippen LogP contribution in [0.4, 0.5) is 13.2 Å². The van der Waals surface area contributed by atoms with E-state index in [0.29, 0.717) is 0 Å². The molecule has 2 nitrogen and oxygen atoms in total. The molecule has 0 saturated heterocycles. The molecule has 1 unspecified atom stereocenters. The van der Waals surface area contributed by atoms with Crippen LogP contribution in [-0.4, -0.2) is 22.4 Å². The maximum atomic E-state index is 13.7. The number of aliphatic hydroxyl groups is 2. The molecule has 0 aliphatic heterocycles. The molecule has 0 aliphatic carbocycles. The van der Waals surface area contributed by atoms with Crippen molar-refractivity contribution in [2.24, 2.45) is 0 Å². The summed E-state index contributed by atoms with van der Waals surface area (Å²) in [4.78, 5) is 0. The number of alkyl halides is 2. The Morgan fingerprint density at radius 2 is 1.94 bits per heavy atom. The third-order valence-electron chi connectivity index (χ3n) is 2.27. The molecular formula is C10H10BrF3O2. The summed E-state index contributed by atoms with van der Waals surface area (Å²) in [6.45, 7) is -0.431. The van der Waals surface area contributed by atoms with Crippen molar-refractivity contribution in [3.8, 4) is 0 Å². The predicted octanol–water partition coefficient (Wildman–Crippen LogP) is 2.42. The second-order valence-electron chi connectivity index (χ2n) is 3.61. The van der Waals surface area contributed by atoms with E-state index in [4.69, 9.17) is 5.11 Å². The van der Waals surface area contributed by atoms with Gasteiger partial charge in [-0.05, 0) is 35.0 Å². The normalized spacial score (nSPS) is 15.9. The molecule has 0 fully saturated rings. The largest absolute Gasteiger partial charge is 0.393 e. The minimum Gasteiger partial charge on any atom is -0.393 e. The van der Waals surface area contributed by atoms with E-state index in [0.717, 1.165) is 13.0 Å². The minimum absolute atomic E-state index is 0.126. The molecule has 0 aliphatic rings. The predicted molar refractivity (Wildman–Crippen MR) is 55.7 cm³/mol. The number of halogens is 4. The number of hydrogen-bond acceptors (Lipinski definition) is 2. The van der Waals surface area contributed by atoms with Crippen molar-refractivity contribution >= 4 is 15.9 Å². The van der Waals surface area contributed by atoms with E-state index in [-0.39, 0.29) is 4.47 Å². The quantitative estimate of drug-likeness (QED) is 0.900. The van der Waals surface area contributed by atoms with E-state index in [1.54, 1.807) is 0 Å². The average Bonchev–Trinajstić information content (AvgIpc) is 2.21. The highest BCUT2D eigenvalue weighted by molar-refractivity contribution is 9.10. The average molecular weight is 299 g/mol. The second-order valence-corrected chi connectivity index (χ2v) is 4.46. The SMILES string of the molecule is CC(O)(CO)C(F)(F)c1cccc(Br)c1F. The van der Waals surface area contributed by atoms with Crippen molar-refractivity contribution < 1.29 is 23.4 Å². The summed E-state index contributed by atoms with van der Waals surface area (Å²) in [5, 5.41) is 18.0. The third-order valence-corrected chi connectivity index (χ3v) is 2.89. The first-order valence-corrected chi connectivity index (χ1v) is 5.19. The summed E-state index contributed by atoms with van der Waals surface area (Å²) in [5.41, 5.74) is -3.67. The molecule has 0 heterocycles. The number of benzene rings is 1. The van der Waals surface area contributed by atoms with Crippen molar-refractivity contribution in [1.82, 2.24) is 0 Å². The Balaban J connectivity index is 3.32. The van der Waals surface area contributed by atoms with Crippen LogP contribution < -0.4 is 0 Å². The summed E-state index contributed by atoms with van der Waals surface area (Å²) >= 11 is 2.77. The van der Waals surface area contributed by atoms with Gasteiger partial charge in [-0.25, -0.2) is 4.39 Å². The van der Waals surface area contributed by atoms with Crippen LogP contribution in [0.5, 0.6) is 0 Å². The Morgan fingerprint density at radius 3 is 2.44 bits per heavy atom. The fraction of sp³-hybridized carbons (Fsp3) is 0.400.